The van der Waals surface area contributed by atoms with Crippen LogP contribution in [0, 0.1) is 0 Å². The average molecular weight is 241 g/mol. The van der Waals surface area contributed by atoms with Crippen molar-refractivity contribution in [2.24, 2.45) is 0 Å². The van der Waals surface area contributed by atoms with E-state index in [2.05, 4.69) is 53.4 Å². The lowest BCUT2D eigenvalue weighted by molar-refractivity contribution is 0.205. The molecule has 94 valence electrons. The molecule has 2 aromatic carbocycles. The van der Waals surface area contributed by atoms with Crippen LogP contribution in [-0.2, 0) is 11.3 Å². The molecule has 2 heteroatoms. The minimum atomic E-state index is 0.738. The van der Waals surface area contributed by atoms with E-state index in [0.29, 0.717) is 0 Å². The molecule has 0 radical (unpaired) electrons. The van der Waals surface area contributed by atoms with Crippen LogP contribution in [-0.4, -0.2) is 20.3 Å². The molecule has 0 heterocycles. The van der Waals surface area contributed by atoms with Crippen molar-refractivity contribution in [1.29, 1.82) is 0 Å². The summed E-state index contributed by atoms with van der Waals surface area (Å²) in [5.74, 6) is 0. The Morgan fingerprint density at radius 2 is 1.50 bits per heavy atom. The zero-order valence-corrected chi connectivity index (χ0v) is 10.8. The molecular formula is C16H19NO. The van der Waals surface area contributed by atoms with E-state index in [1.165, 1.54) is 11.3 Å². The Kier molecular flexibility index (Phi) is 4.79. The molecule has 0 bridgehead atoms. The van der Waals surface area contributed by atoms with E-state index in [4.69, 9.17) is 4.74 Å². The molecule has 0 atom stereocenters. The Balaban J connectivity index is 2.10. The monoisotopic (exact) mass is 241 g/mol. The molecule has 0 amide bonds. The van der Waals surface area contributed by atoms with Crippen LogP contribution >= 0.6 is 0 Å². The van der Waals surface area contributed by atoms with Gasteiger partial charge in [-0.3, -0.25) is 0 Å². The van der Waals surface area contributed by atoms with Crippen molar-refractivity contribution in [3.05, 3.63) is 66.2 Å². The fourth-order valence-corrected chi connectivity index (χ4v) is 1.94. The molecular weight excluding hydrogens is 222 g/mol. The molecule has 0 unspecified atom stereocenters. The first kappa shape index (κ1) is 12.7. The van der Waals surface area contributed by atoms with Gasteiger partial charge in [0.15, 0.2) is 0 Å². The van der Waals surface area contributed by atoms with Crippen molar-refractivity contribution in [1.82, 2.24) is 0 Å². The maximum absolute atomic E-state index is 5.19. The van der Waals surface area contributed by atoms with Crippen LogP contribution in [0.5, 0.6) is 0 Å². The second kappa shape index (κ2) is 6.82. The first-order valence-electron chi connectivity index (χ1n) is 6.23. The minimum Gasteiger partial charge on any atom is -0.383 e. The van der Waals surface area contributed by atoms with Crippen LogP contribution in [0.2, 0.25) is 0 Å². The second-order valence-corrected chi connectivity index (χ2v) is 4.24. The molecule has 0 aliphatic rings. The van der Waals surface area contributed by atoms with Crippen LogP contribution in [0.3, 0.4) is 0 Å². The summed E-state index contributed by atoms with van der Waals surface area (Å²) >= 11 is 0. The Morgan fingerprint density at radius 3 is 2.11 bits per heavy atom. The van der Waals surface area contributed by atoms with Crippen LogP contribution in [0.25, 0.3) is 0 Å². The summed E-state index contributed by atoms with van der Waals surface area (Å²) in [4.78, 5) is 2.33. The third-order valence-corrected chi connectivity index (χ3v) is 2.90. The third kappa shape index (κ3) is 3.60. The zero-order chi connectivity index (χ0) is 12.6. The van der Waals surface area contributed by atoms with Gasteiger partial charge in [0.2, 0.25) is 0 Å². The molecule has 0 fully saturated rings. The molecule has 0 saturated carbocycles. The van der Waals surface area contributed by atoms with E-state index in [9.17, 15) is 0 Å². The highest BCUT2D eigenvalue weighted by Crippen LogP contribution is 2.16. The summed E-state index contributed by atoms with van der Waals surface area (Å²) in [6.45, 7) is 2.55. The summed E-state index contributed by atoms with van der Waals surface area (Å²) in [6.07, 6.45) is 0. The van der Waals surface area contributed by atoms with Crippen LogP contribution in [0.1, 0.15) is 5.56 Å². The Bertz CT molecular complexity index is 441. The van der Waals surface area contributed by atoms with Gasteiger partial charge in [0.1, 0.15) is 0 Å². The van der Waals surface area contributed by atoms with Crippen molar-refractivity contribution >= 4 is 5.69 Å². The number of anilines is 1. The SMILES string of the molecule is COCCN(Cc1ccccc1)c1ccccc1. The molecule has 0 saturated heterocycles. The molecule has 2 nitrogen and oxygen atoms in total. The number of hydrogen-bond donors (Lipinski definition) is 0. The van der Waals surface area contributed by atoms with E-state index in [-0.39, 0.29) is 0 Å². The summed E-state index contributed by atoms with van der Waals surface area (Å²) in [5.41, 5.74) is 2.55. The quantitative estimate of drug-likeness (QED) is 0.769. The number of hydrogen-bond acceptors (Lipinski definition) is 2. The minimum absolute atomic E-state index is 0.738. The van der Waals surface area contributed by atoms with Gasteiger partial charge >= 0.3 is 0 Å². The smallest absolute Gasteiger partial charge is 0.0637 e. The highest BCUT2D eigenvalue weighted by Gasteiger charge is 2.06. The predicted molar refractivity (Wildman–Crippen MR) is 75.8 cm³/mol. The Labute approximate surface area is 109 Å². The number of ether oxygens (including phenoxy) is 1. The van der Waals surface area contributed by atoms with Crippen molar-refractivity contribution < 1.29 is 4.74 Å². The first-order chi connectivity index (χ1) is 8.90. The molecule has 0 aliphatic heterocycles. The highest BCUT2D eigenvalue weighted by molar-refractivity contribution is 5.46. The maximum atomic E-state index is 5.19. The van der Waals surface area contributed by atoms with Crippen molar-refractivity contribution in [2.45, 2.75) is 6.54 Å². The van der Waals surface area contributed by atoms with Gasteiger partial charge in [0.25, 0.3) is 0 Å². The van der Waals surface area contributed by atoms with Gasteiger partial charge < -0.3 is 9.64 Å². The lowest BCUT2D eigenvalue weighted by atomic mass is 10.2. The van der Waals surface area contributed by atoms with Gasteiger partial charge in [-0.2, -0.15) is 0 Å². The average Bonchev–Trinajstić information content (AvgIpc) is 2.45. The fraction of sp³-hybridized carbons (Fsp3) is 0.250. The molecule has 2 rings (SSSR count). The van der Waals surface area contributed by atoms with Crippen molar-refractivity contribution in [3.8, 4) is 0 Å². The summed E-state index contributed by atoms with van der Waals surface area (Å²) in [7, 11) is 1.74. The largest absolute Gasteiger partial charge is 0.383 e. The molecule has 0 aliphatic carbocycles. The summed E-state index contributed by atoms with van der Waals surface area (Å²) in [5, 5.41) is 0. The second-order valence-electron chi connectivity index (χ2n) is 4.24. The summed E-state index contributed by atoms with van der Waals surface area (Å²) in [6, 6.07) is 21.0. The van der Waals surface area contributed by atoms with Crippen molar-refractivity contribution in [3.63, 3.8) is 0 Å². The number of para-hydroxylation sites is 1. The van der Waals surface area contributed by atoms with Gasteiger partial charge in [-0.05, 0) is 17.7 Å². The number of methoxy groups -OCH3 is 1. The van der Waals surface area contributed by atoms with E-state index in [1.807, 2.05) is 12.1 Å². The third-order valence-electron chi connectivity index (χ3n) is 2.90. The van der Waals surface area contributed by atoms with E-state index < -0.39 is 0 Å². The maximum Gasteiger partial charge on any atom is 0.0637 e. The molecule has 18 heavy (non-hydrogen) atoms. The van der Waals surface area contributed by atoms with Gasteiger partial charge in [0, 0.05) is 25.9 Å². The predicted octanol–water partition coefficient (Wildman–Crippen LogP) is 3.34. The van der Waals surface area contributed by atoms with Gasteiger partial charge in [-0.1, -0.05) is 48.5 Å². The molecule has 2 aromatic rings. The normalized spacial score (nSPS) is 10.3. The Hall–Kier alpha value is -1.80. The molecule has 0 spiro atoms. The van der Waals surface area contributed by atoms with Gasteiger partial charge in [0.05, 0.1) is 6.61 Å². The molecule has 0 N–H and O–H groups in total. The lowest BCUT2D eigenvalue weighted by Crippen LogP contribution is -2.26. The van der Waals surface area contributed by atoms with Crippen LogP contribution < -0.4 is 4.90 Å². The van der Waals surface area contributed by atoms with Crippen LogP contribution in [0.15, 0.2) is 60.7 Å². The number of benzene rings is 2. The van der Waals surface area contributed by atoms with Crippen molar-refractivity contribution in [2.75, 3.05) is 25.2 Å². The van der Waals surface area contributed by atoms with E-state index in [0.717, 1.165) is 19.7 Å². The topological polar surface area (TPSA) is 12.5 Å². The Morgan fingerprint density at radius 1 is 0.889 bits per heavy atom. The zero-order valence-electron chi connectivity index (χ0n) is 10.8. The first-order valence-corrected chi connectivity index (χ1v) is 6.23. The fourth-order valence-electron chi connectivity index (χ4n) is 1.94. The standard InChI is InChI=1S/C16H19NO/c1-18-13-12-17(16-10-6-3-7-11-16)14-15-8-4-2-5-9-15/h2-11H,12-14H2,1H3. The summed E-state index contributed by atoms with van der Waals surface area (Å²) < 4.78 is 5.19. The van der Waals surface area contributed by atoms with Gasteiger partial charge in [-0.25, -0.2) is 0 Å². The van der Waals surface area contributed by atoms with Gasteiger partial charge in [-0.15, -0.1) is 0 Å². The number of rotatable bonds is 6. The van der Waals surface area contributed by atoms with Crippen LogP contribution in [0.4, 0.5) is 5.69 Å². The van der Waals surface area contributed by atoms with E-state index in [1.54, 1.807) is 7.11 Å². The van der Waals surface area contributed by atoms with E-state index >= 15 is 0 Å². The number of nitrogens with zero attached hydrogens (tertiary/aromatic N) is 1. The lowest BCUT2D eigenvalue weighted by Gasteiger charge is -2.24. The highest BCUT2D eigenvalue weighted by atomic mass is 16.5. The molecule has 0 aromatic heterocycles.